The van der Waals surface area contributed by atoms with Gasteiger partial charge in [-0.05, 0) is 31.4 Å². The molecule has 0 radical (unpaired) electrons. The van der Waals surface area contributed by atoms with Crippen LogP contribution < -0.4 is 10.6 Å². The second-order valence-corrected chi connectivity index (χ2v) is 6.10. The van der Waals surface area contributed by atoms with E-state index in [0.717, 1.165) is 22.9 Å². The number of nitrogens with one attached hydrogen (secondary N) is 3. The van der Waals surface area contributed by atoms with Crippen LogP contribution in [0.1, 0.15) is 32.3 Å². The summed E-state index contributed by atoms with van der Waals surface area (Å²) in [5.41, 5.74) is 2.05. The van der Waals surface area contributed by atoms with Gasteiger partial charge < -0.3 is 20.4 Å². The number of aromatic nitrogens is 1. The number of aryl methyl sites for hydroxylation is 1. The number of ether oxygens (including phenoxy) is 1. The first-order valence-corrected chi connectivity index (χ1v) is 8.79. The highest BCUT2D eigenvalue weighted by Crippen LogP contribution is 2.19. The first kappa shape index (κ1) is 19.5. The van der Waals surface area contributed by atoms with Gasteiger partial charge in [-0.1, -0.05) is 25.1 Å². The molecule has 2 rings (SSSR count). The molecule has 0 fully saturated rings. The maximum Gasteiger partial charge on any atom is 0.306 e. The summed E-state index contributed by atoms with van der Waals surface area (Å²) in [6.45, 7) is 3.70. The van der Waals surface area contributed by atoms with Crippen molar-refractivity contribution in [1.29, 1.82) is 0 Å². The van der Waals surface area contributed by atoms with Gasteiger partial charge in [0.15, 0.2) is 6.61 Å². The molecule has 2 amide bonds. The average Bonchev–Trinajstić information content (AvgIpc) is 3.05. The van der Waals surface area contributed by atoms with E-state index in [9.17, 15) is 14.4 Å². The van der Waals surface area contributed by atoms with Crippen molar-refractivity contribution in [2.45, 2.75) is 39.2 Å². The number of carbonyl (C=O) groups is 3. The van der Waals surface area contributed by atoms with E-state index in [4.69, 9.17) is 4.74 Å². The number of amides is 2. The second kappa shape index (κ2) is 9.60. The molecule has 1 aromatic heterocycles. The monoisotopic (exact) mass is 359 g/mol. The fourth-order valence-electron chi connectivity index (χ4n) is 2.54. The fourth-order valence-corrected chi connectivity index (χ4v) is 2.54. The van der Waals surface area contributed by atoms with Gasteiger partial charge in [0.1, 0.15) is 6.04 Å². The van der Waals surface area contributed by atoms with Crippen LogP contribution in [-0.4, -0.2) is 42.0 Å². The van der Waals surface area contributed by atoms with Crippen LogP contribution in [0.25, 0.3) is 10.9 Å². The number of rotatable bonds is 9. The summed E-state index contributed by atoms with van der Waals surface area (Å²) in [5, 5.41) is 6.27. The van der Waals surface area contributed by atoms with Crippen LogP contribution in [-0.2, 0) is 25.5 Å². The summed E-state index contributed by atoms with van der Waals surface area (Å²) in [6, 6.07) is 7.18. The minimum Gasteiger partial charge on any atom is -0.456 e. The molecule has 1 heterocycles. The first-order valence-electron chi connectivity index (χ1n) is 8.79. The Morgan fingerprint density at radius 3 is 2.77 bits per heavy atom. The summed E-state index contributed by atoms with van der Waals surface area (Å²) in [5.74, 6) is -1.20. The second-order valence-electron chi connectivity index (χ2n) is 6.10. The highest BCUT2D eigenvalue weighted by Gasteiger charge is 2.16. The Morgan fingerprint density at radius 1 is 1.23 bits per heavy atom. The normalized spacial score (nSPS) is 11.8. The van der Waals surface area contributed by atoms with E-state index >= 15 is 0 Å². The minimum atomic E-state index is -0.668. The molecule has 0 aliphatic carbocycles. The summed E-state index contributed by atoms with van der Waals surface area (Å²) < 4.78 is 4.98. The average molecular weight is 359 g/mol. The molecule has 26 heavy (non-hydrogen) atoms. The minimum absolute atomic E-state index is 0.182. The van der Waals surface area contributed by atoms with Crippen LogP contribution >= 0.6 is 0 Å². The van der Waals surface area contributed by atoms with Gasteiger partial charge in [0.25, 0.3) is 5.91 Å². The van der Waals surface area contributed by atoms with Crippen molar-refractivity contribution in [2.75, 3.05) is 13.2 Å². The topological polar surface area (TPSA) is 100 Å². The van der Waals surface area contributed by atoms with Gasteiger partial charge >= 0.3 is 5.97 Å². The van der Waals surface area contributed by atoms with Crippen LogP contribution in [0.5, 0.6) is 0 Å². The van der Waals surface area contributed by atoms with Crippen molar-refractivity contribution in [3.05, 3.63) is 36.0 Å². The van der Waals surface area contributed by atoms with Crippen molar-refractivity contribution < 1.29 is 19.1 Å². The SMILES string of the molecule is CCCNC(=O)[C@H](C)NC(=O)COC(=O)CCc1c[nH]c2ccccc12. The number of hydrogen-bond acceptors (Lipinski definition) is 4. The lowest BCUT2D eigenvalue weighted by Crippen LogP contribution is -2.46. The number of para-hydroxylation sites is 1. The Bertz CT molecular complexity index is 769. The van der Waals surface area contributed by atoms with Gasteiger partial charge in [-0.15, -0.1) is 0 Å². The predicted molar refractivity (Wildman–Crippen MR) is 98.5 cm³/mol. The molecule has 0 unspecified atom stereocenters. The van der Waals surface area contributed by atoms with Crippen LogP contribution in [0.4, 0.5) is 0 Å². The lowest BCUT2D eigenvalue weighted by Gasteiger charge is -2.13. The Hall–Kier alpha value is -2.83. The summed E-state index contributed by atoms with van der Waals surface area (Å²) in [7, 11) is 0. The van der Waals surface area contributed by atoms with E-state index in [2.05, 4.69) is 15.6 Å². The Morgan fingerprint density at radius 2 is 2.00 bits per heavy atom. The quantitative estimate of drug-likeness (QED) is 0.593. The third-order valence-electron chi connectivity index (χ3n) is 3.96. The van der Waals surface area contributed by atoms with Gasteiger partial charge in [-0.25, -0.2) is 0 Å². The molecular weight excluding hydrogens is 334 g/mol. The summed E-state index contributed by atoms with van der Waals surface area (Å²) >= 11 is 0. The molecule has 7 heteroatoms. The molecular formula is C19H25N3O4. The number of H-pyrrole nitrogens is 1. The lowest BCUT2D eigenvalue weighted by atomic mass is 10.1. The largest absolute Gasteiger partial charge is 0.456 e. The lowest BCUT2D eigenvalue weighted by molar-refractivity contribution is -0.148. The third-order valence-corrected chi connectivity index (χ3v) is 3.96. The fraction of sp³-hybridized carbons (Fsp3) is 0.421. The number of carbonyl (C=O) groups excluding carboxylic acids is 3. The molecule has 0 aliphatic heterocycles. The van der Waals surface area contributed by atoms with Crippen molar-refractivity contribution in [1.82, 2.24) is 15.6 Å². The van der Waals surface area contributed by atoms with Crippen LogP contribution in [0.15, 0.2) is 30.5 Å². The van der Waals surface area contributed by atoms with Crippen molar-refractivity contribution >= 4 is 28.7 Å². The molecule has 0 bridgehead atoms. The molecule has 0 saturated heterocycles. The molecule has 0 saturated carbocycles. The van der Waals surface area contributed by atoms with E-state index in [1.807, 2.05) is 37.4 Å². The van der Waals surface area contributed by atoms with Crippen LogP contribution in [0.2, 0.25) is 0 Å². The van der Waals surface area contributed by atoms with Gasteiger partial charge in [0.05, 0.1) is 0 Å². The van der Waals surface area contributed by atoms with E-state index in [0.29, 0.717) is 13.0 Å². The van der Waals surface area contributed by atoms with E-state index < -0.39 is 24.5 Å². The van der Waals surface area contributed by atoms with E-state index in [-0.39, 0.29) is 12.3 Å². The van der Waals surface area contributed by atoms with Crippen LogP contribution in [0.3, 0.4) is 0 Å². The molecule has 0 aliphatic rings. The zero-order chi connectivity index (χ0) is 18.9. The number of hydrogen-bond donors (Lipinski definition) is 3. The van der Waals surface area contributed by atoms with Gasteiger partial charge in [-0.3, -0.25) is 14.4 Å². The molecule has 0 spiro atoms. The Labute approximate surface area is 152 Å². The van der Waals surface area contributed by atoms with Crippen LogP contribution in [0, 0.1) is 0 Å². The van der Waals surface area contributed by atoms with E-state index in [1.165, 1.54) is 0 Å². The maximum absolute atomic E-state index is 11.8. The first-order chi connectivity index (χ1) is 12.5. The summed E-state index contributed by atoms with van der Waals surface area (Å²) in [6.07, 6.45) is 3.41. The van der Waals surface area contributed by atoms with Gasteiger partial charge in [0, 0.05) is 30.1 Å². The van der Waals surface area contributed by atoms with Crippen molar-refractivity contribution in [2.24, 2.45) is 0 Å². The maximum atomic E-state index is 11.8. The van der Waals surface area contributed by atoms with E-state index in [1.54, 1.807) is 6.92 Å². The number of fused-ring (bicyclic) bond motifs is 1. The molecule has 7 nitrogen and oxygen atoms in total. The number of benzene rings is 1. The summed E-state index contributed by atoms with van der Waals surface area (Å²) in [4.78, 5) is 38.5. The number of aromatic amines is 1. The molecule has 140 valence electrons. The Kier molecular flexibility index (Phi) is 7.20. The molecule has 1 atom stereocenters. The Balaban J connectivity index is 1.71. The van der Waals surface area contributed by atoms with Gasteiger partial charge in [0.2, 0.25) is 5.91 Å². The molecule has 1 aromatic carbocycles. The zero-order valence-corrected chi connectivity index (χ0v) is 15.1. The smallest absolute Gasteiger partial charge is 0.306 e. The standard InChI is InChI=1S/C19H25N3O4/c1-3-10-20-19(25)13(2)22-17(23)12-26-18(24)9-8-14-11-21-16-7-5-4-6-15(14)16/h4-7,11,13,21H,3,8-10,12H2,1-2H3,(H,20,25)(H,22,23)/t13-/m0/s1. The molecule has 3 N–H and O–H groups in total. The third kappa shape index (κ3) is 5.61. The van der Waals surface area contributed by atoms with Crippen molar-refractivity contribution in [3.63, 3.8) is 0 Å². The van der Waals surface area contributed by atoms with Gasteiger partial charge in [-0.2, -0.15) is 0 Å². The predicted octanol–water partition coefficient (Wildman–Crippen LogP) is 1.67. The van der Waals surface area contributed by atoms with Crippen molar-refractivity contribution in [3.8, 4) is 0 Å². The highest BCUT2D eigenvalue weighted by atomic mass is 16.5. The molecule has 2 aromatic rings. The highest BCUT2D eigenvalue weighted by molar-refractivity contribution is 5.88. The zero-order valence-electron chi connectivity index (χ0n) is 15.1. The number of esters is 1.